The summed E-state index contributed by atoms with van der Waals surface area (Å²) in [6.07, 6.45) is -5.15. The van der Waals surface area contributed by atoms with Gasteiger partial charge in [-0.05, 0) is 35.4 Å². The first-order valence-corrected chi connectivity index (χ1v) is 6.86. The molecule has 0 saturated heterocycles. The molecule has 7 heteroatoms. The number of hydrogen-bond donors (Lipinski definition) is 1. The largest absolute Gasteiger partial charge is 0.478 e. The van der Waals surface area contributed by atoms with Gasteiger partial charge in [0.2, 0.25) is 0 Å². The van der Waals surface area contributed by atoms with Gasteiger partial charge >= 0.3 is 12.1 Å². The van der Waals surface area contributed by atoms with E-state index in [2.05, 4.69) is 0 Å². The summed E-state index contributed by atoms with van der Waals surface area (Å²) < 4.78 is 51.1. The molecule has 0 unspecified atom stereocenters. The van der Waals surface area contributed by atoms with Crippen LogP contribution in [0.5, 0.6) is 0 Å². The number of Topliss-reactive ketones (excluding diaryl/α,β-unsaturated/α-hetero) is 1. The van der Waals surface area contributed by atoms with Gasteiger partial charge < -0.3 is 5.11 Å². The smallest absolute Gasteiger partial charge is 0.419 e. The molecule has 1 N–H and O–H groups in total. The van der Waals surface area contributed by atoms with Crippen molar-refractivity contribution < 1.29 is 32.3 Å². The summed E-state index contributed by atoms with van der Waals surface area (Å²) >= 11 is 0. The molecule has 0 amide bonds. The third-order valence-electron chi connectivity index (χ3n) is 3.34. The lowest BCUT2D eigenvalue weighted by atomic mass is 10.00. The number of carbonyl (C=O) groups excluding carboxylic acids is 1. The average molecular weight is 340 g/mol. The van der Waals surface area contributed by atoms with Crippen LogP contribution in [-0.2, 0) is 23.8 Å². The Hall–Kier alpha value is -2.70. The van der Waals surface area contributed by atoms with Gasteiger partial charge in [0.25, 0.3) is 0 Å². The van der Waals surface area contributed by atoms with E-state index in [-0.39, 0.29) is 29.8 Å². The maximum absolute atomic E-state index is 13.2. The van der Waals surface area contributed by atoms with Crippen molar-refractivity contribution in [3.63, 3.8) is 0 Å². The van der Waals surface area contributed by atoms with E-state index < -0.39 is 23.5 Å². The van der Waals surface area contributed by atoms with E-state index in [1.54, 1.807) is 0 Å². The van der Waals surface area contributed by atoms with Crippen LogP contribution >= 0.6 is 0 Å². The van der Waals surface area contributed by atoms with Gasteiger partial charge in [-0.3, -0.25) is 4.79 Å². The summed E-state index contributed by atoms with van der Waals surface area (Å²) in [5, 5.41) is 8.78. The molecule has 2 aromatic carbocycles. The number of ketones is 1. The molecule has 126 valence electrons. The van der Waals surface area contributed by atoms with Crippen molar-refractivity contribution in [2.24, 2.45) is 0 Å². The third kappa shape index (κ3) is 4.41. The maximum Gasteiger partial charge on any atom is 0.419 e. The lowest BCUT2D eigenvalue weighted by molar-refractivity contribution is -0.140. The minimum atomic E-state index is -4.82. The Morgan fingerprint density at radius 2 is 1.46 bits per heavy atom. The van der Waals surface area contributed by atoms with Crippen molar-refractivity contribution >= 4 is 11.8 Å². The molecule has 0 saturated carbocycles. The molecule has 2 rings (SSSR count). The molecule has 0 spiro atoms. The van der Waals surface area contributed by atoms with Crippen LogP contribution < -0.4 is 0 Å². The van der Waals surface area contributed by atoms with Crippen LogP contribution in [0.2, 0.25) is 0 Å². The Kier molecular flexibility index (Phi) is 5.02. The summed E-state index contributed by atoms with van der Waals surface area (Å²) in [5.41, 5.74) is -0.725. The molecule has 0 atom stereocenters. The van der Waals surface area contributed by atoms with Crippen LogP contribution in [0.25, 0.3) is 0 Å². The Balaban J connectivity index is 2.08. The molecule has 0 fully saturated rings. The van der Waals surface area contributed by atoms with Crippen LogP contribution in [0, 0.1) is 5.82 Å². The van der Waals surface area contributed by atoms with Crippen LogP contribution in [0.3, 0.4) is 0 Å². The number of alkyl halides is 3. The highest BCUT2D eigenvalue weighted by molar-refractivity contribution is 5.88. The molecule has 0 bridgehead atoms. The first-order chi connectivity index (χ1) is 11.2. The van der Waals surface area contributed by atoms with Crippen LogP contribution in [0.4, 0.5) is 17.6 Å². The fourth-order valence-electron chi connectivity index (χ4n) is 2.18. The van der Waals surface area contributed by atoms with Crippen molar-refractivity contribution in [1.29, 1.82) is 0 Å². The number of halogens is 4. The van der Waals surface area contributed by atoms with Gasteiger partial charge in [-0.1, -0.05) is 18.2 Å². The SMILES string of the molecule is O=C(Cc1ccc(C(=O)O)cc1)Cc1ccc(F)c(C(F)(F)F)c1. The molecule has 0 aromatic heterocycles. The third-order valence-corrected chi connectivity index (χ3v) is 3.34. The predicted octanol–water partition coefficient (Wildman–Crippen LogP) is 3.90. The monoisotopic (exact) mass is 340 g/mol. The van der Waals surface area contributed by atoms with Crippen molar-refractivity contribution in [3.05, 3.63) is 70.5 Å². The highest BCUT2D eigenvalue weighted by atomic mass is 19.4. The number of hydrogen-bond acceptors (Lipinski definition) is 2. The number of aromatic carboxylic acids is 1. The Morgan fingerprint density at radius 3 is 2.00 bits per heavy atom. The zero-order valence-corrected chi connectivity index (χ0v) is 12.2. The normalized spacial score (nSPS) is 11.3. The summed E-state index contributed by atoms with van der Waals surface area (Å²) in [5.74, 6) is -2.85. The highest BCUT2D eigenvalue weighted by Gasteiger charge is 2.34. The molecule has 3 nitrogen and oxygen atoms in total. The Labute approximate surface area is 134 Å². The Bertz CT molecular complexity index is 764. The van der Waals surface area contributed by atoms with E-state index in [9.17, 15) is 27.2 Å². The van der Waals surface area contributed by atoms with E-state index in [1.807, 2.05) is 0 Å². The fraction of sp³-hybridized carbons (Fsp3) is 0.176. The first kappa shape index (κ1) is 17.7. The molecule has 0 aliphatic rings. The number of carbonyl (C=O) groups is 2. The average Bonchev–Trinajstić information content (AvgIpc) is 2.48. The molecule has 0 aliphatic carbocycles. The quantitative estimate of drug-likeness (QED) is 0.840. The lowest BCUT2D eigenvalue weighted by Gasteiger charge is -2.10. The van der Waals surface area contributed by atoms with Gasteiger partial charge in [0.1, 0.15) is 11.6 Å². The fourth-order valence-corrected chi connectivity index (χ4v) is 2.18. The van der Waals surface area contributed by atoms with E-state index >= 15 is 0 Å². The number of carboxylic acids is 1. The summed E-state index contributed by atoms with van der Waals surface area (Å²) in [6.45, 7) is 0. The van der Waals surface area contributed by atoms with E-state index in [4.69, 9.17) is 5.11 Å². The number of carboxylic acid groups (broad SMARTS) is 1. The molecule has 0 heterocycles. The van der Waals surface area contributed by atoms with E-state index in [0.29, 0.717) is 17.7 Å². The van der Waals surface area contributed by atoms with Gasteiger partial charge in [0.05, 0.1) is 11.1 Å². The first-order valence-electron chi connectivity index (χ1n) is 6.86. The summed E-state index contributed by atoms with van der Waals surface area (Å²) in [6, 6.07) is 8.05. The van der Waals surface area contributed by atoms with Gasteiger partial charge in [-0.15, -0.1) is 0 Å². The number of rotatable bonds is 5. The van der Waals surface area contributed by atoms with Gasteiger partial charge in [0.15, 0.2) is 0 Å². The van der Waals surface area contributed by atoms with Gasteiger partial charge in [0, 0.05) is 12.8 Å². The van der Waals surface area contributed by atoms with Crippen molar-refractivity contribution in [2.45, 2.75) is 19.0 Å². The summed E-state index contributed by atoms with van der Waals surface area (Å²) in [7, 11) is 0. The zero-order valence-electron chi connectivity index (χ0n) is 12.2. The highest BCUT2D eigenvalue weighted by Crippen LogP contribution is 2.32. The Morgan fingerprint density at radius 1 is 0.917 bits per heavy atom. The second kappa shape index (κ2) is 6.82. The maximum atomic E-state index is 13.2. The molecule has 0 aliphatic heterocycles. The van der Waals surface area contributed by atoms with E-state index in [0.717, 1.165) is 6.07 Å². The predicted molar refractivity (Wildman–Crippen MR) is 77.2 cm³/mol. The molecule has 24 heavy (non-hydrogen) atoms. The van der Waals surface area contributed by atoms with Crippen LogP contribution in [0.1, 0.15) is 27.0 Å². The van der Waals surface area contributed by atoms with Crippen molar-refractivity contribution in [1.82, 2.24) is 0 Å². The molecule has 0 radical (unpaired) electrons. The zero-order chi connectivity index (χ0) is 17.9. The molecule has 2 aromatic rings. The van der Waals surface area contributed by atoms with Gasteiger partial charge in [-0.25, -0.2) is 9.18 Å². The van der Waals surface area contributed by atoms with Crippen molar-refractivity contribution in [3.8, 4) is 0 Å². The molecular formula is C17H12F4O3. The number of benzene rings is 2. The van der Waals surface area contributed by atoms with Gasteiger partial charge in [-0.2, -0.15) is 13.2 Å². The minimum absolute atomic E-state index is 0.0569. The topological polar surface area (TPSA) is 54.4 Å². The molecular weight excluding hydrogens is 328 g/mol. The van der Waals surface area contributed by atoms with Crippen molar-refractivity contribution in [2.75, 3.05) is 0 Å². The lowest BCUT2D eigenvalue weighted by Crippen LogP contribution is -2.11. The van der Waals surface area contributed by atoms with E-state index in [1.165, 1.54) is 24.3 Å². The van der Waals surface area contributed by atoms with Crippen LogP contribution in [0.15, 0.2) is 42.5 Å². The summed E-state index contributed by atoms with van der Waals surface area (Å²) in [4.78, 5) is 22.7. The second-order valence-electron chi connectivity index (χ2n) is 5.21. The van der Waals surface area contributed by atoms with Crippen LogP contribution in [-0.4, -0.2) is 16.9 Å². The second-order valence-corrected chi connectivity index (χ2v) is 5.21. The minimum Gasteiger partial charge on any atom is -0.478 e. The standard InChI is InChI=1S/C17H12F4O3/c18-15-6-3-11(9-14(15)17(19,20)21)8-13(22)7-10-1-4-12(5-2-10)16(23)24/h1-6,9H,7-8H2,(H,23,24).